The van der Waals surface area contributed by atoms with Crippen molar-refractivity contribution in [2.24, 2.45) is 0 Å². The van der Waals surface area contributed by atoms with Gasteiger partial charge in [0.25, 0.3) is 5.91 Å². The van der Waals surface area contributed by atoms with Gasteiger partial charge in [0, 0.05) is 44.0 Å². The lowest BCUT2D eigenvalue weighted by atomic mass is 10.1. The fourth-order valence-electron chi connectivity index (χ4n) is 2.60. The minimum absolute atomic E-state index is 0.0810. The van der Waals surface area contributed by atoms with E-state index in [-0.39, 0.29) is 5.91 Å². The molecule has 0 spiro atoms. The largest absolute Gasteiger partial charge is 0.399 e. The van der Waals surface area contributed by atoms with Gasteiger partial charge in [-0.3, -0.25) is 9.69 Å². The fraction of sp³-hybridized carbons (Fsp3) is 0.312. The topological polar surface area (TPSA) is 49.6 Å². The van der Waals surface area contributed by atoms with Crippen molar-refractivity contribution in [2.45, 2.75) is 6.54 Å². The summed E-state index contributed by atoms with van der Waals surface area (Å²) in [5, 5.41) is 4.29. The molecule has 2 N–H and O–H groups in total. The molecule has 0 radical (unpaired) electrons. The average Bonchev–Trinajstić information content (AvgIpc) is 3.00. The first-order valence-electron chi connectivity index (χ1n) is 7.10. The smallest absolute Gasteiger partial charge is 0.254 e. The minimum Gasteiger partial charge on any atom is -0.399 e. The maximum atomic E-state index is 12.4. The summed E-state index contributed by atoms with van der Waals surface area (Å²) in [7, 11) is 0. The van der Waals surface area contributed by atoms with E-state index in [2.05, 4.69) is 21.7 Å². The van der Waals surface area contributed by atoms with E-state index in [0.717, 1.165) is 32.7 Å². The summed E-state index contributed by atoms with van der Waals surface area (Å²) in [6, 6.07) is 9.37. The van der Waals surface area contributed by atoms with Gasteiger partial charge in [-0.15, -0.1) is 0 Å². The van der Waals surface area contributed by atoms with E-state index in [9.17, 15) is 4.79 Å². The zero-order valence-electron chi connectivity index (χ0n) is 11.9. The Bertz CT molecular complexity index is 604. The highest BCUT2D eigenvalue weighted by Gasteiger charge is 2.22. The number of carbonyl (C=O) groups excluding carboxylic acids is 1. The summed E-state index contributed by atoms with van der Waals surface area (Å²) >= 11 is 1.73. The molecule has 2 heterocycles. The van der Waals surface area contributed by atoms with Gasteiger partial charge in [-0.2, -0.15) is 11.3 Å². The van der Waals surface area contributed by atoms with E-state index in [1.807, 2.05) is 17.0 Å². The van der Waals surface area contributed by atoms with Gasteiger partial charge in [0.1, 0.15) is 0 Å². The van der Waals surface area contributed by atoms with Gasteiger partial charge in [-0.05, 0) is 40.6 Å². The quantitative estimate of drug-likeness (QED) is 0.885. The number of piperazine rings is 1. The number of anilines is 1. The fourth-order valence-corrected chi connectivity index (χ4v) is 3.26. The van der Waals surface area contributed by atoms with Crippen molar-refractivity contribution in [1.82, 2.24) is 9.80 Å². The summed E-state index contributed by atoms with van der Waals surface area (Å²) in [6.45, 7) is 4.37. The number of rotatable bonds is 3. The standard InChI is InChI=1S/C16H19N3OS/c17-15-3-1-2-14(10-15)16(20)19-7-5-18(6-8-19)11-13-4-9-21-12-13/h1-4,9-10,12H,5-8,11,17H2. The average molecular weight is 301 g/mol. The molecule has 3 rings (SSSR count). The number of nitrogens with zero attached hydrogens (tertiary/aromatic N) is 2. The highest BCUT2D eigenvalue weighted by Crippen LogP contribution is 2.14. The van der Waals surface area contributed by atoms with E-state index in [4.69, 9.17) is 5.73 Å². The maximum Gasteiger partial charge on any atom is 0.254 e. The van der Waals surface area contributed by atoms with Crippen LogP contribution >= 0.6 is 11.3 Å². The molecule has 1 fully saturated rings. The third-order valence-corrected chi connectivity index (χ3v) is 4.51. The first kappa shape index (κ1) is 14.1. The third kappa shape index (κ3) is 3.43. The summed E-state index contributed by atoms with van der Waals surface area (Å²) < 4.78 is 0. The Kier molecular flexibility index (Phi) is 4.22. The highest BCUT2D eigenvalue weighted by atomic mass is 32.1. The van der Waals surface area contributed by atoms with Gasteiger partial charge in [0.05, 0.1) is 0 Å². The normalized spacial score (nSPS) is 16.1. The molecule has 1 aromatic carbocycles. The highest BCUT2D eigenvalue weighted by molar-refractivity contribution is 7.07. The molecule has 1 aliphatic rings. The Hall–Kier alpha value is -1.85. The third-order valence-electron chi connectivity index (χ3n) is 3.78. The molecule has 21 heavy (non-hydrogen) atoms. The van der Waals surface area contributed by atoms with E-state index >= 15 is 0 Å². The molecule has 110 valence electrons. The maximum absolute atomic E-state index is 12.4. The predicted molar refractivity (Wildman–Crippen MR) is 86.4 cm³/mol. The van der Waals surface area contributed by atoms with Gasteiger partial charge < -0.3 is 10.6 Å². The van der Waals surface area contributed by atoms with Gasteiger partial charge in [-0.25, -0.2) is 0 Å². The molecule has 2 aromatic rings. The van der Waals surface area contributed by atoms with Gasteiger partial charge in [-0.1, -0.05) is 6.07 Å². The Morgan fingerprint density at radius 1 is 1.19 bits per heavy atom. The molecule has 0 unspecified atom stereocenters. The van der Waals surface area contributed by atoms with Crippen LogP contribution in [-0.2, 0) is 6.54 Å². The summed E-state index contributed by atoms with van der Waals surface area (Å²) in [6.07, 6.45) is 0. The summed E-state index contributed by atoms with van der Waals surface area (Å²) in [4.78, 5) is 16.7. The lowest BCUT2D eigenvalue weighted by Gasteiger charge is -2.34. The van der Waals surface area contributed by atoms with Crippen LogP contribution in [0.1, 0.15) is 15.9 Å². The molecule has 4 nitrogen and oxygen atoms in total. The zero-order chi connectivity index (χ0) is 14.7. The monoisotopic (exact) mass is 301 g/mol. The SMILES string of the molecule is Nc1cccc(C(=O)N2CCN(Cc3ccsc3)CC2)c1. The van der Waals surface area contributed by atoms with Crippen LogP contribution in [0.3, 0.4) is 0 Å². The number of amides is 1. The van der Waals surface area contributed by atoms with Gasteiger partial charge >= 0.3 is 0 Å². The van der Waals surface area contributed by atoms with E-state index in [1.54, 1.807) is 23.5 Å². The van der Waals surface area contributed by atoms with Crippen molar-refractivity contribution in [3.63, 3.8) is 0 Å². The van der Waals surface area contributed by atoms with E-state index < -0.39 is 0 Å². The zero-order valence-corrected chi connectivity index (χ0v) is 12.7. The number of carbonyl (C=O) groups is 1. The molecule has 0 atom stereocenters. The molecule has 1 amide bonds. The molecular formula is C16H19N3OS. The van der Waals surface area contributed by atoms with Gasteiger partial charge in [0.2, 0.25) is 0 Å². The van der Waals surface area contributed by atoms with Crippen LogP contribution in [0.2, 0.25) is 0 Å². The molecule has 5 heteroatoms. The van der Waals surface area contributed by atoms with Crippen LogP contribution in [-0.4, -0.2) is 41.9 Å². The Balaban J connectivity index is 1.57. The Morgan fingerprint density at radius 3 is 2.67 bits per heavy atom. The second kappa shape index (κ2) is 6.28. The molecular weight excluding hydrogens is 282 g/mol. The second-order valence-corrected chi connectivity index (χ2v) is 6.11. The van der Waals surface area contributed by atoms with Crippen LogP contribution in [0.5, 0.6) is 0 Å². The second-order valence-electron chi connectivity index (χ2n) is 5.33. The number of nitrogens with two attached hydrogens (primary N) is 1. The first-order valence-corrected chi connectivity index (χ1v) is 8.05. The number of benzene rings is 1. The van der Waals surface area contributed by atoms with Crippen molar-refractivity contribution in [1.29, 1.82) is 0 Å². The van der Waals surface area contributed by atoms with Gasteiger partial charge in [0.15, 0.2) is 0 Å². The Morgan fingerprint density at radius 2 is 2.00 bits per heavy atom. The number of thiophene rings is 1. The van der Waals surface area contributed by atoms with Crippen LogP contribution < -0.4 is 5.73 Å². The van der Waals surface area contributed by atoms with Crippen LogP contribution in [0.25, 0.3) is 0 Å². The molecule has 0 aliphatic carbocycles. The van der Waals surface area contributed by atoms with Crippen LogP contribution in [0.4, 0.5) is 5.69 Å². The molecule has 1 aromatic heterocycles. The van der Waals surface area contributed by atoms with E-state index in [0.29, 0.717) is 11.3 Å². The van der Waals surface area contributed by atoms with Crippen molar-refractivity contribution < 1.29 is 4.79 Å². The Labute approximate surface area is 128 Å². The summed E-state index contributed by atoms with van der Waals surface area (Å²) in [5.41, 5.74) is 8.42. The lowest BCUT2D eigenvalue weighted by Crippen LogP contribution is -2.48. The molecule has 0 saturated carbocycles. The van der Waals surface area contributed by atoms with Crippen LogP contribution in [0.15, 0.2) is 41.1 Å². The van der Waals surface area contributed by atoms with Crippen molar-refractivity contribution >= 4 is 22.9 Å². The van der Waals surface area contributed by atoms with E-state index in [1.165, 1.54) is 5.56 Å². The number of hydrogen-bond donors (Lipinski definition) is 1. The molecule has 0 bridgehead atoms. The molecule has 1 saturated heterocycles. The first-order chi connectivity index (χ1) is 10.2. The van der Waals surface area contributed by atoms with Crippen LogP contribution in [0, 0.1) is 0 Å². The van der Waals surface area contributed by atoms with Crippen molar-refractivity contribution in [3.8, 4) is 0 Å². The lowest BCUT2D eigenvalue weighted by molar-refractivity contribution is 0.0628. The minimum atomic E-state index is 0.0810. The molecule has 1 aliphatic heterocycles. The number of hydrogen-bond acceptors (Lipinski definition) is 4. The predicted octanol–water partition coefficient (Wildman–Crippen LogP) is 2.29. The summed E-state index contributed by atoms with van der Waals surface area (Å²) in [5.74, 6) is 0.0810. The van der Waals surface area contributed by atoms with Crippen molar-refractivity contribution in [2.75, 3.05) is 31.9 Å². The van der Waals surface area contributed by atoms with Crippen molar-refractivity contribution in [3.05, 3.63) is 52.2 Å². The number of nitrogen functional groups attached to an aromatic ring is 1.